The highest BCUT2D eigenvalue weighted by molar-refractivity contribution is 5.76. The number of benzene rings is 1. The number of carbonyl (C=O) groups excluding carboxylic acids is 1. The van der Waals surface area contributed by atoms with Gasteiger partial charge in [0.15, 0.2) is 0 Å². The van der Waals surface area contributed by atoms with Gasteiger partial charge in [0.1, 0.15) is 17.9 Å². The van der Waals surface area contributed by atoms with E-state index >= 15 is 0 Å². The fourth-order valence-corrected chi connectivity index (χ4v) is 2.01. The van der Waals surface area contributed by atoms with E-state index in [1.807, 2.05) is 0 Å². The summed E-state index contributed by atoms with van der Waals surface area (Å²) in [5, 5.41) is 9.18. The van der Waals surface area contributed by atoms with Crippen LogP contribution < -0.4 is 5.73 Å². The predicted molar refractivity (Wildman–Crippen MR) is 69.7 cm³/mol. The van der Waals surface area contributed by atoms with Gasteiger partial charge >= 0.3 is 5.97 Å². The number of phenolic OH excluding ortho intramolecular Hbond substituents is 1. The molecule has 5 heteroatoms. The molecule has 1 aromatic carbocycles. The molecule has 0 aromatic heterocycles. The molecule has 0 bridgehead atoms. The zero-order valence-electron chi connectivity index (χ0n) is 10.7. The summed E-state index contributed by atoms with van der Waals surface area (Å²) in [5.41, 5.74) is 6.73. The average molecular weight is 265 g/mol. The molecule has 0 spiro atoms. The van der Waals surface area contributed by atoms with E-state index in [9.17, 15) is 9.90 Å². The van der Waals surface area contributed by atoms with Crippen molar-refractivity contribution in [2.75, 3.05) is 13.2 Å². The molecule has 1 unspecified atom stereocenters. The summed E-state index contributed by atoms with van der Waals surface area (Å²) in [6, 6.07) is 5.97. The smallest absolute Gasteiger partial charge is 0.323 e. The first-order chi connectivity index (χ1) is 9.15. The van der Waals surface area contributed by atoms with E-state index in [1.54, 1.807) is 24.3 Å². The van der Waals surface area contributed by atoms with Crippen LogP contribution in [0, 0.1) is 0 Å². The van der Waals surface area contributed by atoms with Crippen LogP contribution in [0.25, 0.3) is 0 Å². The fourth-order valence-electron chi connectivity index (χ4n) is 2.01. The zero-order chi connectivity index (χ0) is 13.7. The Kier molecular flexibility index (Phi) is 4.76. The van der Waals surface area contributed by atoms with Gasteiger partial charge in [-0.1, -0.05) is 12.1 Å². The number of phenols is 1. The van der Waals surface area contributed by atoms with Crippen molar-refractivity contribution in [1.82, 2.24) is 0 Å². The maximum absolute atomic E-state index is 11.8. The monoisotopic (exact) mass is 265 g/mol. The van der Waals surface area contributed by atoms with Crippen molar-refractivity contribution < 1.29 is 19.4 Å². The molecule has 0 aliphatic carbocycles. The highest BCUT2D eigenvalue weighted by Gasteiger charge is 2.22. The van der Waals surface area contributed by atoms with E-state index in [0.29, 0.717) is 19.6 Å². The lowest BCUT2D eigenvalue weighted by molar-refractivity contribution is -0.154. The van der Waals surface area contributed by atoms with E-state index in [2.05, 4.69) is 0 Å². The molecule has 104 valence electrons. The number of hydrogen-bond acceptors (Lipinski definition) is 5. The lowest BCUT2D eigenvalue weighted by atomic mass is 10.1. The number of ether oxygens (including phenoxy) is 2. The summed E-state index contributed by atoms with van der Waals surface area (Å²) in [6.45, 7) is 1.26. The van der Waals surface area contributed by atoms with Crippen molar-refractivity contribution in [3.63, 3.8) is 0 Å². The van der Waals surface area contributed by atoms with Gasteiger partial charge in [0, 0.05) is 12.8 Å². The minimum absolute atomic E-state index is 0.0767. The van der Waals surface area contributed by atoms with E-state index in [4.69, 9.17) is 15.2 Å². The maximum Gasteiger partial charge on any atom is 0.323 e. The Morgan fingerprint density at radius 1 is 1.37 bits per heavy atom. The number of nitrogens with two attached hydrogens (primary N) is 1. The first-order valence-electron chi connectivity index (χ1n) is 6.47. The average Bonchev–Trinajstić information content (AvgIpc) is 2.42. The molecule has 3 N–H and O–H groups in total. The van der Waals surface area contributed by atoms with Crippen LogP contribution in [0.3, 0.4) is 0 Å². The van der Waals surface area contributed by atoms with Crippen LogP contribution in [0.1, 0.15) is 18.4 Å². The van der Waals surface area contributed by atoms with E-state index in [1.165, 1.54) is 0 Å². The van der Waals surface area contributed by atoms with Crippen LogP contribution in [0.5, 0.6) is 5.75 Å². The van der Waals surface area contributed by atoms with Gasteiger partial charge in [-0.2, -0.15) is 0 Å². The van der Waals surface area contributed by atoms with E-state index in [0.717, 1.165) is 18.4 Å². The predicted octanol–water partition coefficient (Wildman–Crippen LogP) is 0.984. The quantitative estimate of drug-likeness (QED) is 0.793. The Morgan fingerprint density at radius 2 is 2.00 bits per heavy atom. The van der Waals surface area contributed by atoms with Gasteiger partial charge < -0.3 is 20.3 Å². The topological polar surface area (TPSA) is 81.8 Å². The molecule has 1 fully saturated rings. The fraction of sp³-hybridized carbons (Fsp3) is 0.500. The van der Waals surface area contributed by atoms with Crippen molar-refractivity contribution >= 4 is 5.97 Å². The molecule has 1 aliphatic heterocycles. The Labute approximate surface area is 112 Å². The Bertz CT molecular complexity index is 412. The van der Waals surface area contributed by atoms with Gasteiger partial charge in [0.05, 0.1) is 13.2 Å². The third-order valence-electron chi connectivity index (χ3n) is 3.15. The van der Waals surface area contributed by atoms with Crippen molar-refractivity contribution in [2.45, 2.75) is 31.4 Å². The molecular formula is C14H19NO4. The summed E-state index contributed by atoms with van der Waals surface area (Å²) in [4.78, 5) is 11.8. The van der Waals surface area contributed by atoms with Crippen molar-refractivity contribution in [2.24, 2.45) is 5.73 Å². The lowest BCUT2D eigenvalue weighted by Gasteiger charge is -2.23. The molecule has 1 saturated heterocycles. The van der Waals surface area contributed by atoms with Gasteiger partial charge in [0.25, 0.3) is 0 Å². The second-order valence-electron chi connectivity index (χ2n) is 4.73. The molecule has 2 rings (SSSR count). The van der Waals surface area contributed by atoms with Crippen LogP contribution in [-0.2, 0) is 20.7 Å². The van der Waals surface area contributed by atoms with Crippen LogP contribution >= 0.6 is 0 Å². The van der Waals surface area contributed by atoms with Crippen LogP contribution in [0.2, 0.25) is 0 Å². The lowest BCUT2D eigenvalue weighted by Crippen LogP contribution is -2.38. The van der Waals surface area contributed by atoms with Crippen LogP contribution in [0.15, 0.2) is 24.3 Å². The molecule has 19 heavy (non-hydrogen) atoms. The van der Waals surface area contributed by atoms with Crippen molar-refractivity contribution in [3.8, 4) is 5.75 Å². The third kappa shape index (κ3) is 4.22. The highest BCUT2D eigenvalue weighted by atomic mass is 16.6. The number of carbonyl (C=O) groups is 1. The van der Waals surface area contributed by atoms with Crippen molar-refractivity contribution in [3.05, 3.63) is 29.8 Å². The summed E-state index contributed by atoms with van der Waals surface area (Å²) >= 11 is 0. The molecule has 1 atom stereocenters. The molecular weight excluding hydrogens is 246 g/mol. The van der Waals surface area contributed by atoms with Crippen molar-refractivity contribution in [1.29, 1.82) is 0 Å². The molecule has 0 saturated carbocycles. The number of rotatable bonds is 4. The normalized spacial score (nSPS) is 17.9. The SMILES string of the molecule is NC(Cc1ccc(O)cc1)C(=O)OC1CCOCC1. The summed E-state index contributed by atoms with van der Waals surface area (Å²) in [7, 11) is 0. The van der Waals surface area contributed by atoms with Gasteiger partial charge in [-0.25, -0.2) is 0 Å². The summed E-state index contributed by atoms with van der Waals surface area (Å²) in [5.74, 6) is -0.179. The second-order valence-corrected chi connectivity index (χ2v) is 4.73. The molecule has 5 nitrogen and oxygen atoms in total. The number of esters is 1. The van der Waals surface area contributed by atoms with Gasteiger partial charge in [-0.05, 0) is 24.1 Å². The summed E-state index contributed by atoms with van der Waals surface area (Å²) in [6.07, 6.45) is 1.80. The number of hydrogen-bond donors (Lipinski definition) is 2. The van der Waals surface area contributed by atoms with E-state index in [-0.39, 0.29) is 17.8 Å². The molecule has 1 aromatic rings. The second kappa shape index (κ2) is 6.54. The standard InChI is InChI=1S/C14H19NO4/c15-13(9-10-1-3-11(16)4-2-10)14(17)19-12-5-7-18-8-6-12/h1-4,12-13,16H,5-9,15H2. The Balaban J connectivity index is 1.83. The van der Waals surface area contributed by atoms with Gasteiger partial charge in [-0.3, -0.25) is 4.79 Å². The highest BCUT2D eigenvalue weighted by Crippen LogP contribution is 2.14. The minimum atomic E-state index is -0.674. The Morgan fingerprint density at radius 3 is 2.63 bits per heavy atom. The summed E-state index contributed by atoms with van der Waals surface area (Å²) < 4.78 is 10.6. The minimum Gasteiger partial charge on any atom is -0.508 e. The van der Waals surface area contributed by atoms with E-state index < -0.39 is 6.04 Å². The molecule has 1 heterocycles. The Hall–Kier alpha value is -1.59. The first kappa shape index (κ1) is 13.8. The largest absolute Gasteiger partial charge is 0.508 e. The zero-order valence-corrected chi connectivity index (χ0v) is 10.7. The molecule has 1 aliphatic rings. The molecule has 0 radical (unpaired) electrons. The van der Waals surface area contributed by atoms with Gasteiger partial charge in [0.2, 0.25) is 0 Å². The maximum atomic E-state index is 11.8. The number of aromatic hydroxyl groups is 1. The molecule has 0 amide bonds. The first-order valence-corrected chi connectivity index (χ1v) is 6.47. The van der Waals surface area contributed by atoms with Gasteiger partial charge in [-0.15, -0.1) is 0 Å². The van der Waals surface area contributed by atoms with Crippen LogP contribution in [0.4, 0.5) is 0 Å². The van der Waals surface area contributed by atoms with Crippen LogP contribution in [-0.4, -0.2) is 36.4 Å². The third-order valence-corrected chi connectivity index (χ3v) is 3.15.